The second-order valence-corrected chi connectivity index (χ2v) is 6.27. The Kier molecular flexibility index (Phi) is 4.88. The van der Waals surface area contributed by atoms with Gasteiger partial charge in [0.2, 0.25) is 0 Å². The predicted molar refractivity (Wildman–Crippen MR) is 84.7 cm³/mol. The number of carbonyl (C=O) groups is 1. The van der Waals surface area contributed by atoms with Gasteiger partial charge < -0.3 is 10.4 Å². The van der Waals surface area contributed by atoms with Gasteiger partial charge in [-0.3, -0.25) is 0 Å². The smallest absolute Gasteiger partial charge is 0.335 e. The lowest BCUT2D eigenvalue weighted by Crippen LogP contribution is -2.17. The van der Waals surface area contributed by atoms with Crippen molar-refractivity contribution >= 4 is 5.97 Å². The molecule has 0 aliphatic rings. The summed E-state index contributed by atoms with van der Waals surface area (Å²) in [5.74, 6) is -0.0731. The molecule has 1 heterocycles. The fourth-order valence-electron chi connectivity index (χ4n) is 1.95. The third kappa shape index (κ3) is 4.36. The lowest BCUT2D eigenvalue weighted by atomic mass is 9.96. The molecular weight excluding hydrogens is 278 g/mol. The maximum atomic E-state index is 10.8. The Hall–Kier alpha value is -2.27. The number of hydrogen-bond donors (Lipinski definition) is 2. The molecule has 2 N–H and O–H groups in total. The third-order valence-electron chi connectivity index (χ3n) is 3.24. The van der Waals surface area contributed by atoms with Gasteiger partial charge in [-0.1, -0.05) is 32.9 Å². The number of carboxylic acid groups (broad SMARTS) is 1. The molecule has 2 aromatic rings. The first-order chi connectivity index (χ1) is 10.4. The second-order valence-electron chi connectivity index (χ2n) is 6.27. The molecule has 0 saturated heterocycles. The summed E-state index contributed by atoms with van der Waals surface area (Å²) in [6.45, 7) is 7.59. The zero-order valence-corrected chi connectivity index (χ0v) is 13.1. The molecule has 5 heteroatoms. The molecule has 0 unspecified atom stereocenters. The molecule has 0 aliphatic carbocycles. The molecule has 5 nitrogen and oxygen atoms in total. The monoisotopic (exact) mass is 299 g/mol. The number of nitrogens with zero attached hydrogens (tertiary/aromatic N) is 2. The van der Waals surface area contributed by atoms with Crippen LogP contribution in [-0.2, 0) is 18.5 Å². The minimum absolute atomic E-state index is 0.0438. The van der Waals surface area contributed by atoms with Crippen molar-refractivity contribution < 1.29 is 9.90 Å². The van der Waals surface area contributed by atoms with Crippen LogP contribution in [0, 0.1) is 0 Å². The number of benzene rings is 1. The van der Waals surface area contributed by atoms with Crippen molar-refractivity contribution in [3.05, 3.63) is 59.2 Å². The molecule has 0 aliphatic heterocycles. The highest BCUT2D eigenvalue weighted by Crippen LogP contribution is 2.17. The molecule has 0 atom stereocenters. The second kappa shape index (κ2) is 6.66. The largest absolute Gasteiger partial charge is 0.478 e. The minimum atomic E-state index is -0.907. The Balaban J connectivity index is 1.87. The Labute approximate surface area is 130 Å². The van der Waals surface area contributed by atoms with E-state index in [2.05, 4.69) is 36.1 Å². The van der Waals surface area contributed by atoms with E-state index in [0.717, 1.165) is 17.0 Å². The van der Waals surface area contributed by atoms with Crippen LogP contribution in [-0.4, -0.2) is 21.0 Å². The average Bonchev–Trinajstić information content (AvgIpc) is 2.47. The molecule has 0 radical (unpaired) electrons. The van der Waals surface area contributed by atoms with Crippen LogP contribution in [0.25, 0.3) is 0 Å². The number of aromatic nitrogens is 2. The highest BCUT2D eigenvalue weighted by atomic mass is 16.4. The number of aromatic carboxylic acids is 1. The standard InChI is InChI=1S/C17H21N3O2/c1-17(2,3)16-19-10-13(11-20-16)9-18-8-12-4-6-14(7-5-12)15(21)22/h4-7,10-11,18H,8-9H2,1-3H3,(H,21,22). The van der Waals surface area contributed by atoms with Gasteiger partial charge in [-0.15, -0.1) is 0 Å². The van der Waals surface area contributed by atoms with Gasteiger partial charge in [0, 0.05) is 36.5 Å². The van der Waals surface area contributed by atoms with E-state index in [9.17, 15) is 4.79 Å². The fourth-order valence-corrected chi connectivity index (χ4v) is 1.95. The lowest BCUT2D eigenvalue weighted by molar-refractivity contribution is 0.0697. The minimum Gasteiger partial charge on any atom is -0.478 e. The van der Waals surface area contributed by atoms with Crippen molar-refractivity contribution in [1.82, 2.24) is 15.3 Å². The van der Waals surface area contributed by atoms with Gasteiger partial charge in [0.05, 0.1) is 5.56 Å². The molecule has 2 rings (SSSR count). The number of hydrogen-bond acceptors (Lipinski definition) is 4. The van der Waals surface area contributed by atoms with Gasteiger partial charge in [0.25, 0.3) is 0 Å². The normalized spacial score (nSPS) is 11.4. The van der Waals surface area contributed by atoms with Crippen molar-refractivity contribution in [3.63, 3.8) is 0 Å². The third-order valence-corrected chi connectivity index (χ3v) is 3.24. The van der Waals surface area contributed by atoms with Gasteiger partial charge in [0.1, 0.15) is 5.82 Å². The lowest BCUT2D eigenvalue weighted by Gasteiger charge is -2.16. The van der Waals surface area contributed by atoms with Gasteiger partial charge >= 0.3 is 5.97 Å². The van der Waals surface area contributed by atoms with Crippen molar-refractivity contribution in [2.45, 2.75) is 39.3 Å². The Morgan fingerprint density at radius 3 is 2.09 bits per heavy atom. The highest BCUT2D eigenvalue weighted by molar-refractivity contribution is 5.87. The van der Waals surface area contributed by atoms with E-state index in [1.807, 2.05) is 24.5 Å². The summed E-state index contributed by atoms with van der Waals surface area (Å²) >= 11 is 0. The van der Waals surface area contributed by atoms with Gasteiger partial charge in [-0.25, -0.2) is 14.8 Å². The van der Waals surface area contributed by atoms with Gasteiger partial charge in [-0.05, 0) is 17.7 Å². The molecule has 0 amide bonds. The van der Waals surface area contributed by atoms with Crippen molar-refractivity contribution in [3.8, 4) is 0 Å². The molecule has 0 spiro atoms. The summed E-state index contributed by atoms with van der Waals surface area (Å²) in [7, 11) is 0. The van der Waals surface area contributed by atoms with E-state index < -0.39 is 5.97 Å². The number of carboxylic acids is 1. The van der Waals surface area contributed by atoms with Crippen LogP contribution in [0.3, 0.4) is 0 Å². The predicted octanol–water partition coefficient (Wildman–Crippen LogP) is 2.76. The topological polar surface area (TPSA) is 75.1 Å². The Bertz CT molecular complexity index is 628. The summed E-state index contributed by atoms with van der Waals surface area (Å²) in [6, 6.07) is 6.85. The molecule has 1 aromatic heterocycles. The Morgan fingerprint density at radius 2 is 1.59 bits per heavy atom. The van der Waals surface area contributed by atoms with Crippen LogP contribution < -0.4 is 5.32 Å². The van der Waals surface area contributed by atoms with E-state index in [4.69, 9.17) is 5.11 Å². The summed E-state index contributed by atoms with van der Waals surface area (Å²) in [5, 5.41) is 12.1. The first-order valence-electron chi connectivity index (χ1n) is 7.20. The van der Waals surface area contributed by atoms with Crippen molar-refractivity contribution in [1.29, 1.82) is 0 Å². The molecule has 0 saturated carbocycles. The molecule has 116 valence electrons. The van der Waals surface area contributed by atoms with Crippen LogP contribution in [0.1, 0.15) is 48.1 Å². The van der Waals surface area contributed by atoms with Crippen molar-refractivity contribution in [2.75, 3.05) is 0 Å². The van der Waals surface area contributed by atoms with Crippen molar-refractivity contribution in [2.24, 2.45) is 0 Å². The maximum absolute atomic E-state index is 10.8. The van der Waals surface area contributed by atoms with Crippen LogP contribution >= 0.6 is 0 Å². The highest BCUT2D eigenvalue weighted by Gasteiger charge is 2.16. The quantitative estimate of drug-likeness (QED) is 0.888. The molecule has 22 heavy (non-hydrogen) atoms. The maximum Gasteiger partial charge on any atom is 0.335 e. The molecule has 1 aromatic carbocycles. The van der Waals surface area contributed by atoms with Gasteiger partial charge in [0.15, 0.2) is 0 Å². The summed E-state index contributed by atoms with van der Waals surface area (Å²) in [6.07, 6.45) is 3.68. The summed E-state index contributed by atoms with van der Waals surface area (Å²) < 4.78 is 0. The first-order valence-corrected chi connectivity index (χ1v) is 7.20. The van der Waals surface area contributed by atoms with Crippen LogP contribution in [0.5, 0.6) is 0 Å². The zero-order valence-electron chi connectivity index (χ0n) is 13.1. The van der Waals surface area contributed by atoms with E-state index in [1.54, 1.807) is 12.1 Å². The number of rotatable bonds is 5. The van der Waals surface area contributed by atoms with Crippen LogP contribution in [0.2, 0.25) is 0 Å². The van der Waals surface area contributed by atoms with Crippen LogP contribution in [0.4, 0.5) is 0 Å². The molecular formula is C17H21N3O2. The van der Waals surface area contributed by atoms with Crippen LogP contribution in [0.15, 0.2) is 36.7 Å². The average molecular weight is 299 g/mol. The number of nitrogens with one attached hydrogen (secondary N) is 1. The van der Waals surface area contributed by atoms with E-state index in [-0.39, 0.29) is 5.41 Å². The fraction of sp³-hybridized carbons (Fsp3) is 0.353. The van der Waals surface area contributed by atoms with E-state index in [0.29, 0.717) is 18.7 Å². The SMILES string of the molecule is CC(C)(C)c1ncc(CNCc2ccc(C(=O)O)cc2)cn1. The van der Waals surface area contributed by atoms with E-state index in [1.165, 1.54) is 0 Å². The zero-order chi connectivity index (χ0) is 16.2. The molecule has 0 fully saturated rings. The van der Waals surface area contributed by atoms with E-state index >= 15 is 0 Å². The summed E-state index contributed by atoms with van der Waals surface area (Å²) in [5.41, 5.74) is 2.32. The summed E-state index contributed by atoms with van der Waals surface area (Å²) in [4.78, 5) is 19.6. The molecule has 0 bridgehead atoms. The first kappa shape index (κ1) is 16.1. The Morgan fingerprint density at radius 1 is 1.05 bits per heavy atom. The van der Waals surface area contributed by atoms with Gasteiger partial charge in [-0.2, -0.15) is 0 Å².